The Bertz CT molecular complexity index is 769. The second-order valence-corrected chi connectivity index (χ2v) is 4.82. The summed E-state index contributed by atoms with van der Waals surface area (Å²) < 4.78 is 5.65. The minimum atomic E-state index is -0.367. The van der Waals surface area contributed by atoms with Crippen molar-refractivity contribution in [2.24, 2.45) is 0 Å². The third kappa shape index (κ3) is 1.79. The van der Waals surface area contributed by atoms with Gasteiger partial charge in [0.25, 0.3) is 5.56 Å². The van der Waals surface area contributed by atoms with Gasteiger partial charge >= 0.3 is 0 Å². The lowest BCUT2D eigenvalue weighted by Gasteiger charge is -2.23. The van der Waals surface area contributed by atoms with E-state index in [1.165, 1.54) is 0 Å². The van der Waals surface area contributed by atoms with Crippen LogP contribution in [-0.2, 0) is 13.0 Å². The maximum Gasteiger partial charge on any atom is 0.268 e. The van der Waals surface area contributed by atoms with Gasteiger partial charge in [-0.05, 0) is 23.1 Å². The summed E-state index contributed by atoms with van der Waals surface area (Å²) in [4.78, 5) is 14.7. The molecule has 0 unspecified atom stereocenters. The number of nitrogens with zero attached hydrogens (tertiary/aromatic N) is 1. The first-order valence-electron chi connectivity index (χ1n) is 6.66. The van der Waals surface area contributed by atoms with Gasteiger partial charge in [0.05, 0.1) is 0 Å². The van der Waals surface area contributed by atoms with Gasteiger partial charge in [-0.3, -0.25) is 9.78 Å². The summed E-state index contributed by atoms with van der Waals surface area (Å²) in [6, 6.07) is 9.97. The number of aromatic nitrogens is 1. The van der Waals surface area contributed by atoms with Crippen LogP contribution in [-0.4, -0.2) is 4.98 Å². The van der Waals surface area contributed by atoms with E-state index in [0.29, 0.717) is 18.9 Å². The van der Waals surface area contributed by atoms with Gasteiger partial charge in [0.2, 0.25) is 5.88 Å². The van der Waals surface area contributed by atoms with Crippen molar-refractivity contribution in [2.45, 2.75) is 26.4 Å². The van der Waals surface area contributed by atoms with Gasteiger partial charge in [-0.2, -0.15) is 5.26 Å². The molecule has 0 amide bonds. The molecule has 1 aromatic carbocycles. The maximum atomic E-state index is 12.0. The summed E-state index contributed by atoms with van der Waals surface area (Å²) in [5, 5.41) is 9.26. The number of hydrogen-bond donors (Lipinski definition) is 1. The van der Waals surface area contributed by atoms with E-state index in [1.807, 2.05) is 37.3 Å². The van der Waals surface area contributed by atoms with E-state index in [0.717, 1.165) is 28.7 Å². The maximum absolute atomic E-state index is 12.0. The highest BCUT2D eigenvalue weighted by Crippen LogP contribution is 2.39. The fraction of sp³-hybridized carbons (Fsp3) is 0.250. The molecule has 0 bridgehead atoms. The first kappa shape index (κ1) is 12.5. The molecule has 0 aliphatic carbocycles. The van der Waals surface area contributed by atoms with Crippen LogP contribution in [0.2, 0.25) is 0 Å². The molecule has 4 heteroatoms. The van der Waals surface area contributed by atoms with Crippen molar-refractivity contribution in [3.05, 3.63) is 51.3 Å². The summed E-state index contributed by atoms with van der Waals surface area (Å²) in [6.07, 6.45) is 1.56. The molecule has 1 N–H and O–H groups in total. The molecule has 2 heterocycles. The number of pyridine rings is 1. The Kier molecular flexibility index (Phi) is 3.03. The Hall–Kier alpha value is -2.54. The van der Waals surface area contributed by atoms with E-state index in [4.69, 9.17) is 4.74 Å². The Labute approximate surface area is 116 Å². The summed E-state index contributed by atoms with van der Waals surface area (Å²) in [5.74, 6) is 0.483. The van der Waals surface area contributed by atoms with Crippen LogP contribution in [0, 0.1) is 11.3 Å². The van der Waals surface area contributed by atoms with Crippen molar-refractivity contribution in [1.82, 2.24) is 4.98 Å². The largest absolute Gasteiger partial charge is 0.474 e. The fourth-order valence-corrected chi connectivity index (χ4v) is 2.68. The van der Waals surface area contributed by atoms with Gasteiger partial charge in [-0.25, -0.2) is 0 Å². The van der Waals surface area contributed by atoms with E-state index in [-0.39, 0.29) is 11.1 Å². The number of rotatable bonds is 2. The lowest BCUT2D eigenvalue weighted by molar-refractivity contribution is 0.288. The lowest BCUT2D eigenvalue weighted by Crippen LogP contribution is -2.19. The second-order valence-electron chi connectivity index (χ2n) is 4.82. The molecule has 20 heavy (non-hydrogen) atoms. The molecular weight excluding hydrogens is 252 g/mol. The van der Waals surface area contributed by atoms with Crippen LogP contribution in [0.1, 0.15) is 30.0 Å². The van der Waals surface area contributed by atoms with Crippen molar-refractivity contribution in [3.63, 3.8) is 0 Å². The van der Waals surface area contributed by atoms with Gasteiger partial charge in [0.1, 0.15) is 18.2 Å². The van der Waals surface area contributed by atoms with E-state index in [2.05, 4.69) is 4.98 Å². The minimum absolute atomic E-state index is 0.200. The Morgan fingerprint density at radius 2 is 2.20 bits per heavy atom. The zero-order valence-corrected chi connectivity index (χ0v) is 11.2. The molecular formula is C16H14N2O2. The predicted octanol–water partition coefficient (Wildman–Crippen LogP) is 2.76. The van der Waals surface area contributed by atoms with Crippen molar-refractivity contribution >= 4 is 0 Å². The molecule has 0 atom stereocenters. The third-order valence-corrected chi connectivity index (χ3v) is 3.56. The van der Waals surface area contributed by atoms with Crippen molar-refractivity contribution < 1.29 is 4.74 Å². The van der Waals surface area contributed by atoms with Crippen molar-refractivity contribution in [1.29, 1.82) is 5.26 Å². The molecule has 1 aromatic heterocycles. The van der Waals surface area contributed by atoms with E-state index >= 15 is 0 Å². The molecule has 2 aromatic rings. The quantitative estimate of drug-likeness (QED) is 0.908. The molecule has 0 spiro atoms. The molecule has 0 radical (unpaired) electrons. The normalized spacial score (nSPS) is 12.0. The summed E-state index contributed by atoms with van der Waals surface area (Å²) in [6.45, 7) is 2.47. The molecule has 0 fully saturated rings. The minimum Gasteiger partial charge on any atom is -0.474 e. The first-order chi connectivity index (χ1) is 9.76. The molecule has 4 nitrogen and oxygen atoms in total. The third-order valence-electron chi connectivity index (χ3n) is 3.56. The van der Waals surface area contributed by atoms with Gasteiger partial charge in [-0.15, -0.1) is 0 Å². The van der Waals surface area contributed by atoms with Crippen LogP contribution in [0.4, 0.5) is 0 Å². The number of fused-ring (bicyclic) bond motifs is 3. The average molecular weight is 266 g/mol. The Morgan fingerprint density at radius 1 is 1.40 bits per heavy atom. The molecule has 1 aliphatic heterocycles. The summed E-state index contributed by atoms with van der Waals surface area (Å²) in [7, 11) is 0. The van der Waals surface area contributed by atoms with E-state index in [1.54, 1.807) is 0 Å². The van der Waals surface area contributed by atoms with Crippen LogP contribution in [0.3, 0.4) is 0 Å². The van der Waals surface area contributed by atoms with Crippen LogP contribution >= 0.6 is 0 Å². The van der Waals surface area contributed by atoms with E-state index in [9.17, 15) is 10.1 Å². The number of nitrogens with one attached hydrogen (secondary N) is 1. The highest BCUT2D eigenvalue weighted by atomic mass is 16.5. The zero-order valence-electron chi connectivity index (χ0n) is 11.2. The van der Waals surface area contributed by atoms with Crippen LogP contribution in [0.5, 0.6) is 5.88 Å². The van der Waals surface area contributed by atoms with Crippen molar-refractivity contribution in [3.8, 4) is 23.1 Å². The number of ether oxygens (including phenoxy) is 1. The topological polar surface area (TPSA) is 65.9 Å². The highest BCUT2D eigenvalue weighted by molar-refractivity contribution is 5.78. The fourth-order valence-electron chi connectivity index (χ4n) is 2.68. The first-order valence-corrected chi connectivity index (χ1v) is 6.66. The van der Waals surface area contributed by atoms with Gasteiger partial charge < -0.3 is 4.74 Å². The predicted molar refractivity (Wildman–Crippen MR) is 75.5 cm³/mol. The average Bonchev–Trinajstić information content (AvgIpc) is 2.47. The standard InChI is InChI=1S/C16H14N2O2/c1-2-5-12-13(8-17)15(19)18-16-14(12)11-7-4-3-6-10(11)9-20-16/h3-4,6-7H,2,5,9H2,1H3,(H,18,19). The molecule has 0 saturated heterocycles. The smallest absolute Gasteiger partial charge is 0.268 e. The molecule has 100 valence electrons. The summed E-state index contributed by atoms with van der Waals surface area (Å²) >= 11 is 0. The summed E-state index contributed by atoms with van der Waals surface area (Å²) in [5.41, 5.74) is 3.61. The Morgan fingerprint density at radius 3 is 2.95 bits per heavy atom. The number of benzene rings is 1. The van der Waals surface area contributed by atoms with Gasteiger partial charge in [-0.1, -0.05) is 37.6 Å². The number of nitriles is 1. The van der Waals surface area contributed by atoms with Crippen LogP contribution in [0.25, 0.3) is 11.1 Å². The molecule has 0 saturated carbocycles. The van der Waals surface area contributed by atoms with E-state index < -0.39 is 0 Å². The SMILES string of the molecule is CCCc1c2c([nH]c(=O)c1C#N)OCc1ccccc1-2. The number of hydrogen-bond acceptors (Lipinski definition) is 3. The number of aromatic amines is 1. The second kappa shape index (κ2) is 4.86. The molecule has 3 rings (SSSR count). The zero-order chi connectivity index (χ0) is 14.1. The van der Waals surface area contributed by atoms with Gasteiger partial charge in [0, 0.05) is 5.56 Å². The monoisotopic (exact) mass is 266 g/mol. The molecule has 1 aliphatic rings. The highest BCUT2D eigenvalue weighted by Gasteiger charge is 2.24. The van der Waals surface area contributed by atoms with Gasteiger partial charge in [0.15, 0.2) is 0 Å². The van der Waals surface area contributed by atoms with Crippen LogP contribution in [0.15, 0.2) is 29.1 Å². The number of H-pyrrole nitrogens is 1. The van der Waals surface area contributed by atoms with Crippen molar-refractivity contribution in [2.75, 3.05) is 0 Å². The lowest BCUT2D eigenvalue weighted by atomic mass is 9.91. The Balaban J connectivity index is 2.37. The van der Waals surface area contributed by atoms with Crippen LogP contribution < -0.4 is 10.3 Å².